The lowest BCUT2D eigenvalue weighted by Crippen LogP contribution is -2.47. The second-order valence-electron chi connectivity index (χ2n) is 4.40. The Bertz CT molecular complexity index is 222. The summed E-state index contributed by atoms with van der Waals surface area (Å²) in [6.45, 7) is 3.99. The van der Waals surface area contributed by atoms with E-state index in [4.69, 9.17) is 4.74 Å². The van der Waals surface area contributed by atoms with Gasteiger partial charge in [-0.1, -0.05) is 6.92 Å². The van der Waals surface area contributed by atoms with Crippen molar-refractivity contribution in [3.63, 3.8) is 0 Å². The van der Waals surface area contributed by atoms with Crippen LogP contribution in [0.25, 0.3) is 0 Å². The van der Waals surface area contributed by atoms with E-state index in [1.54, 1.807) is 6.92 Å². The van der Waals surface area contributed by atoms with Crippen LogP contribution in [0.3, 0.4) is 0 Å². The van der Waals surface area contributed by atoms with Crippen molar-refractivity contribution in [2.75, 3.05) is 13.7 Å². The van der Waals surface area contributed by atoms with Crippen LogP contribution in [0.15, 0.2) is 0 Å². The molecule has 0 bridgehead atoms. The summed E-state index contributed by atoms with van der Waals surface area (Å²) in [7, 11) is 1.53. The van der Waals surface area contributed by atoms with Gasteiger partial charge in [0.05, 0.1) is 6.10 Å². The minimum Gasteiger partial charge on any atom is -0.391 e. The molecule has 4 nitrogen and oxygen atoms in total. The van der Waals surface area contributed by atoms with Gasteiger partial charge >= 0.3 is 0 Å². The van der Waals surface area contributed by atoms with E-state index in [9.17, 15) is 9.90 Å². The molecule has 2 atom stereocenters. The Kier molecular flexibility index (Phi) is 4.11. The molecular weight excluding hydrogens is 194 g/mol. The fraction of sp³-hybridized carbons (Fsp3) is 0.909. The Morgan fingerprint density at radius 3 is 2.67 bits per heavy atom. The average Bonchev–Trinajstić information content (AvgIpc) is 3.07. The largest absolute Gasteiger partial charge is 0.391 e. The van der Waals surface area contributed by atoms with Crippen LogP contribution in [0, 0.1) is 5.92 Å². The summed E-state index contributed by atoms with van der Waals surface area (Å²) in [5.41, 5.74) is -0.775. The van der Waals surface area contributed by atoms with Gasteiger partial charge in [-0.25, -0.2) is 0 Å². The number of carbonyl (C=O) groups excluding carboxylic acids is 1. The molecule has 2 N–H and O–H groups in total. The van der Waals surface area contributed by atoms with Gasteiger partial charge in [0.1, 0.15) is 5.60 Å². The Balaban J connectivity index is 2.33. The molecule has 88 valence electrons. The zero-order chi connectivity index (χ0) is 11.5. The Hall–Kier alpha value is -0.610. The van der Waals surface area contributed by atoms with Crippen molar-refractivity contribution in [1.29, 1.82) is 0 Å². The molecule has 0 aromatic heterocycles. The van der Waals surface area contributed by atoms with Crippen LogP contribution in [0.5, 0.6) is 0 Å². The van der Waals surface area contributed by atoms with E-state index in [0.717, 1.165) is 12.8 Å². The number of methoxy groups -OCH3 is 1. The number of amides is 1. The highest BCUT2D eigenvalue weighted by Crippen LogP contribution is 2.32. The molecule has 0 spiro atoms. The highest BCUT2D eigenvalue weighted by molar-refractivity contribution is 5.84. The highest BCUT2D eigenvalue weighted by Gasteiger charge is 2.33. The highest BCUT2D eigenvalue weighted by atomic mass is 16.5. The van der Waals surface area contributed by atoms with Gasteiger partial charge in [0, 0.05) is 13.7 Å². The summed E-state index contributed by atoms with van der Waals surface area (Å²) in [5, 5.41) is 12.3. The smallest absolute Gasteiger partial charge is 0.252 e. The molecule has 1 amide bonds. The monoisotopic (exact) mass is 215 g/mol. The molecular formula is C11H21NO3. The van der Waals surface area contributed by atoms with Crippen molar-refractivity contribution >= 4 is 5.91 Å². The van der Waals surface area contributed by atoms with Crippen LogP contribution >= 0.6 is 0 Å². The first-order valence-corrected chi connectivity index (χ1v) is 5.55. The molecule has 15 heavy (non-hydrogen) atoms. The van der Waals surface area contributed by atoms with Crippen LogP contribution in [-0.4, -0.2) is 36.4 Å². The number of rotatable bonds is 6. The fourth-order valence-electron chi connectivity index (χ4n) is 1.43. The van der Waals surface area contributed by atoms with Crippen molar-refractivity contribution in [1.82, 2.24) is 5.32 Å². The number of ether oxygens (including phenoxy) is 1. The number of hydrogen-bond donors (Lipinski definition) is 2. The van der Waals surface area contributed by atoms with Crippen molar-refractivity contribution in [3.8, 4) is 0 Å². The van der Waals surface area contributed by atoms with Crippen LogP contribution in [-0.2, 0) is 9.53 Å². The maximum Gasteiger partial charge on any atom is 0.252 e. The minimum atomic E-state index is -0.775. The second-order valence-corrected chi connectivity index (χ2v) is 4.40. The Morgan fingerprint density at radius 1 is 1.67 bits per heavy atom. The SMILES string of the molecule is CCC(C)(OC)C(=O)NCC(O)C1CC1. The van der Waals surface area contributed by atoms with Gasteiger partial charge in [-0.15, -0.1) is 0 Å². The van der Waals surface area contributed by atoms with Crippen LogP contribution in [0.4, 0.5) is 0 Å². The van der Waals surface area contributed by atoms with Gasteiger partial charge in [-0.05, 0) is 32.1 Å². The molecule has 1 fully saturated rings. The normalized spacial score (nSPS) is 21.9. The number of nitrogens with one attached hydrogen (secondary N) is 1. The number of hydrogen-bond acceptors (Lipinski definition) is 3. The molecule has 0 aromatic carbocycles. The topological polar surface area (TPSA) is 58.6 Å². The third kappa shape index (κ3) is 3.18. The molecule has 2 unspecified atom stereocenters. The summed E-state index contributed by atoms with van der Waals surface area (Å²) in [4.78, 5) is 11.7. The maximum atomic E-state index is 11.7. The molecule has 0 aliphatic heterocycles. The molecule has 1 rings (SSSR count). The number of aliphatic hydroxyl groups is 1. The lowest BCUT2D eigenvalue weighted by atomic mass is 10.0. The van der Waals surface area contributed by atoms with Crippen LogP contribution in [0.1, 0.15) is 33.1 Å². The first-order valence-electron chi connectivity index (χ1n) is 5.55. The maximum absolute atomic E-state index is 11.7. The van der Waals surface area contributed by atoms with Crippen molar-refractivity contribution < 1.29 is 14.6 Å². The predicted octanol–water partition coefficient (Wildman–Crippen LogP) is 0.689. The zero-order valence-corrected chi connectivity index (χ0v) is 9.75. The van der Waals surface area contributed by atoms with Crippen molar-refractivity contribution in [2.24, 2.45) is 5.92 Å². The van der Waals surface area contributed by atoms with E-state index in [-0.39, 0.29) is 5.91 Å². The van der Waals surface area contributed by atoms with Crippen LogP contribution in [0.2, 0.25) is 0 Å². The third-order valence-corrected chi connectivity index (χ3v) is 3.24. The van der Waals surface area contributed by atoms with Gasteiger partial charge in [0.25, 0.3) is 5.91 Å². The minimum absolute atomic E-state index is 0.146. The molecule has 1 aliphatic carbocycles. The Morgan fingerprint density at radius 2 is 2.27 bits per heavy atom. The molecule has 1 saturated carbocycles. The van der Waals surface area contributed by atoms with E-state index in [2.05, 4.69) is 5.32 Å². The molecule has 0 aromatic rings. The van der Waals surface area contributed by atoms with Gasteiger partial charge in [0.2, 0.25) is 0 Å². The van der Waals surface area contributed by atoms with Gasteiger partial charge < -0.3 is 15.2 Å². The van der Waals surface area contributed by atoms with E-state index >= 15 is 0 Å². The number of aliphatic hydroxyl groups excluding tert-OH is 1. The predicted molar refractivity (Wildman–Crippen MR) is 57.4 cm³/mol. The quantitative estimate of drug-likeness (QED) is 0.685. The Labute approximate surface area is 91.0 Å². The summed E-state index contributed by atoms with van der Waals surface area (Å²) in [6, 6.07) is 0. The number of carbonyl (C=O) groups is 1. The fourth-order valence-corrected chi connectivity index (χ4v) is 1.43. The van der Waals surface area contributed by atoms with Gasteiger partial charge in [-0.2, -0.15) is 0 Å². The summed E-state index contributed by atoms with van der Waals surface area (Å²) in [5.74, 6) is 0.243. The molecule has 0 heterocycles. The summed E-state index contributed by atoms with van der Waals surface area (Å²) >= 11 is 0. The van der Waals surface area contributed by atoms with E-state index < -0.39 is 11.7 Å². The molecule has 0 saturated heterocycles. The first-order chi connectivity index (χ1) is 7.03. The standard InChI is InChI=1S/C11H21NO3/c1-4-11(2,15-3)10(14)12-7-9(13)8-5-6-8/h8-9,13H,4-7H2,1-3H3,(H,12,14). The average molecular weight is 215 g/mol. The van der Waals surface area contributed by atoms with Gasteiger partial charge in [0.15, 0.2) is 0 Å². The summed E-state index contributed by atoms with van der Waals surface area (Å²) < 4.78 is 5.16. The van der Waals surface area contributed by atoms with Crippen molar-refractivity contribution in [2.45, 2.75) is 44.8 Å². The first kappa shape index (κ1) is 12.5. The van der Waals surface area contributed by atoms with E-state index in [0.29, 0.717) is 18.9 Å². The van der Waals surface area contributed by atoms with Crippen molar-refractivity contribution in [3.05, 3.63) is 0 Å². The van der Waals surface area contributed by atoms with Gasteiger partial charge in [-0.3, -0.25) is 4.79 Å². The van der Waals surface area contributed by atoms with E-state index in [1.165, 1.54) is 7.11 Å². The molecule has 4 heteroatoms. The molecule has 1 aliphatic rings. The lowest BCUT2D eigenvalue weighted by molar-refractivity contribution is -0.142. The zero-order valence-electron chi connectivity index (χ0n) is 9.75. The third-order valence-electron chi connectivity index (χ3n) is 3.24. The van der Waals surface area contributed by atoms with E-state index in [1.807, 2.05) is 6.92 Å². The second kappa shape index (κ2) is 4.94. The lowest BCUT2D eigenvalue weighted by Gasteiger charge is -2.25. The van der Waals surface area contributed by atoms with Crippen LogP contribution < -0.4 is 5.32 Å². The molecule has 0 radical (unpaired) electrons. The summed E-state index contributed by atoms with van der Waals surface area (Å²) in [6.07, 6.45) is 2.38.